The number of ether oxygens (including phenoxy) is 2. The molecule has 0 aromatic rings. The number of methoxy groups -OCH3 is 1. The van der Waals surface area contributed by atoms with Crippen molar-refractivity contribution in [1.82, 2.24) is 4.90 Å². The molecule has 0 aromatic carbocycles. The first-order valence-corrected chi connectivity index (χ1v) is 5.21. The Morgan fingerprint density at radius 2 is 2.21 bits per heavy atom. The predicted molar refractivity (Wildman–Crippen MR) is 51.0 cm³/mol. The van der Waals surface area contributed by atoms with E-state index in [1.807, 2.05) is 0 Å². The fourth-order valence-corrected chi connectivity index (χ4v) is 1.86. The minimum atomic E-state index is -0.290. The fraction of sp³-hybridized carbons (Fsp3) is 0.900. The Hall–Kier alpha value is -0.610. The molecule has 2 rings (SSSR count). The lowest BCUT2D eigenvalue weighted by Gasteiger charge is -2.41. The van der Waals surface area contributed by atoms with Gasteiger partial charge >= 0.3 is 5.97 Å². The second kappa shape index (κ2) is 4.28. The Bertz CT molecular complexity index is 215. The fourth-order valence-electron chi connectivity index (χ4n) is 1.86. The first-order valence-electron chi connectivity index (χ1n) is 5.21. The number of rotatable bonds is 5. The second-order valence-corrected chi connectivity index (χ2v) is 4.00. The maximum absolute atomic E-state index is 10.8. The lowest BCUT2D eigenvalue weighted by molar-refractivity contribution is -0.147. The molecular formula is C10H17NO3. The van der Waals surface area contributed by atoms with E-state index in [4.69, 9.17) is 4.74 Å². The standard InChI is InChI=1S/C10H17NO3/c1-13-10(12)7-14-6-9-4-5-11(9)8-2-3-8/h8-9H,2-7H2,1H3. The van der Waals surface area contributed by atoms with Gasteiger partial charge in [0, 0.05) is 18.6 Å². The summed E-state index contributed by atoms with van der Waals surface area (Å²) in [4.78, 5) is 13.2. The summed E-state index contributed by atoms with van der Waals surface area (Å²) >= 11 is 0. The highest BCUT2D eigenvalue weighted by atomic mass is 16.6. The number of nitrogens with zero attached hydrogens (tertiary/aromatic N) is 1. The van der Waals surface area contributed by atoms with Gasteiger partial charge in [0.1, 0.15) is 6.61 Å². The number of carbonyl (C=O) groups excluding carboxylic acids is 1. The molecule has 0 radical (unpaired) electrons. The van der Waals surface area contributed by atoms with Gasteiger partial charge < -0.3 is 9.47 Å². The molecule has 4 nitrogen and oxygen atoms in total. The summed E-state index contributed by atoms with van der Waals surface area (Å²) in [6, 6.07) is 1.36. The molecule has 1 saturated heterocycles. The van der Waals surface area contributed by atoms with Crippen LogP contribution < -0.4 is 0 Å². The van der Waals surface area contributed by atoms with Gasteiger partial charge in [-0.15, -0.1) is 0 Å². The highest BCUT2D eigenvalue weighted by Crippen LogP contribution is 2.34. The average Bonchev–Trinajstić information content (AvgIpc) is 2.94. The summed E-state index contributed by atoms with van der Waals surface area (Å²) < 4.78 is 9.77. The van der Waals surface area contributed by atoms with Crippen LogP contribution in [0.15, 0.2) is 0 Å². The van der Waals surface area contributed by atoms with Gasteiger partial charge in [-0.25, -0.2) is 4.79 Å². The van der Waals surface area contributed by atoms with Crippen molar-refractivity contribution in [2.45, 2.75) is 31.3 Å². The van der Waals surface area contributed by atoms with Crippen molar-refractivity contribution in [2.75, 3.05) is 26.9 Å². The molecule has 0 spiro atoms. The predicted octanol–water partition coefficient (Wildman–Crippen LogP) is 0.413. The molecule has 1 unspecified atom stereocenters. The first kappa shape index (κ1) is 9.93. The van der Waals surface area contributed by atoms with E-state index in [2.05, 4.69) is 9.64 Å². The molecule has 1 atom stereocenters. The van der Waals surface area contributed by atoms with E-state index < -0.39 is 0 Å². The van der Waals surface area contributed by atoms with Crippen LogP contribution in [0.4, 0.5) is 0 Å². The summed E-state index contributed by atoms with van der Waals surface area (Å²) in [5.41, 5.74) is 0. The van der Waals surface area contributed by atoms with E-state index >= 15 is 0 Å². The van der Waals surface area contributed by atoms with Crippen molar-refractivity contribution in [3.8, 4) is 0 Å². The zero-order valence-corrected chi connectivity index (χ0v) is 8.57. The number of esters is 1. The molecule has 80 valence electrons. The second-order valence-electron chi connectivity index (χ2n) is 4.00. The largest absolute Gasteiger partial charge is 0.467 e. The van der Waals surface area contributed by atoms with Crippen molar-refractivity contribution < 1.29 is 14.3 Å². The molecule has 2 aliphatic rings. The maximum Gasteiger partial charge on any atom is 0.331 e. The van der Waals surface area contributed by atoms with E-state index in [0.29, 0.717) is 12.6 Å². The average molecular weight is 199 g/mol. The van der Waals surface area contributed by atoms with E-state index in [1.165, 1.54) is 32.9 Å². The maximum atomic E-state index is 10.8. The van der Waals surface area contributed by atoms with Crippen LogP contribution in [0.1, 0.15) is 19.3 Å². The Kier molecular flexibility index (Phi) is 3.03. The van der Waals surface area contributed by atoms with Crippen LogP contribution in [0.3, 0.4) is 0 Å². The van der Waals surface area contributed by atoms with Crippen LogP contribution in [0, 0.1) is 0 Å². The van der Waals surface area contributed by atoms with E-state index in [0.717, 1.165) is 6.04 Å². The van der Waals surface area contributed by atoms with E-state index in [9.17, 15) is 4.79 Å². The SMILES string of the molecule is COC(=O)COCC1CCN1C1CC1. The highest BCUT2D eigenvalue weighted by molar-refractivity contribution is 5.70. The minimum Gasteiger partial charge on any atom is -0.467 e. The molecule has 14 heavy (non-hydrogen) atoms. The molecule has 0 N–H and O–H groups in total. The Labute approximate surface area is 84.2 Å². The Morgan fingerprint density at radius 3 is 2.71 bits per heavy atom. The summed E-state index contributed by atoms with van der Waals surface area (Å²) in [6.45, 7) is 1.97. The zero-order valence-electron chi connectivity index (χ0n) is 8.57. The third-order valence-corrected chi connectivity index (χ3v) is 2.96. The van der Waals surface area contributed by atoms with Crippen molar-refractivity contribution in [1.29, 1.82) is 0 Å². The zero-order chi connectivity index (χ0) is 9.97. The molecular weight excluding hydrogens is 182 g/mol. The number of hydrogen-bond acceptors (Lipinski definition) is 4. The molecule has 2 fully saturated rings. The summed E-state index contributed by atoms with van der Waals surface area (Å²) in [5, 5.41) is 0. The molecule has 1 saturated carbocycles. The van der Waals surface area contributed by atoms with Crippen molar-refractivity contribution in [3.63, 3.8) is 0 Å². The lowest BCUT2D eigenvalue weighted by atomic mass is 10.0. The van der Waals surface area contributed by atoms with Gasteiger partial charge in [-0.2, -0.15) is 0 Å². The van der Waals surface area contributed by atoms with Gasteiger partial charge in [0.05, 0.1) is 13.7 Å². The quantitative estimate of drug-likeness (QED) is 0.601. The van der Waals surface area contributed by atoms with Gasteiger partial charge in [-0.05, 0) is 19.3 Å². The third kappa shape index (κ3) is 2.25. The van der Waals surface area contributed by atoms with Gasteiger partial charge in [0.15, 0.2) is 0 Å². The van der Waals surface area contributed by atoms with Crippen LogP contribution in [-0.2, 0) is 14.3 Å². The summed E-state index contributed by atoms with van der Waals surface area (Å²) in [6.07, 6.45) is 3.89. The Morgan fingerprint density at radius 1 is 1.43 bits per heavy atom. The van der Waals surface area contributed by atoms with E-state index in [-0.39, 0.29) is 12.6 Å². The summed E-state index contributed by atoms with van der Waals surface area (Å²) in [7, 11) is 1.38. The van der Waals surface area contributed by atoms with Gasteiger partial charge in [0.2, 0.25) is 0 Å². The molecule has 0 bridgehead atoms. The monoisotopic (exact) mass is 199 g/mol. The molecule has 1 aliphatic heterocycles. The molecule has 0 aromatic heterocycles. The topological polar surface area (TPSA) is 38.8 Å². The lowest BCUT2D eigenvalue weighted by Crippen LogP contribution is -2.51. The van der Waals surface area contributed by atoms with Crippen molar-refractivity contribution in [2.24, 2.45) is 0 Å². The molecule has 4 heteroatoms. The molecule has 1 aliphatic carbocycles. The number of likely N-dealkylation sites (tertiary alicyclic amines) is 1. The summed E-state index contributed by atoms with van der Waals surface area (Å²) in [5.74, 6) is -0.290. The normalized spacial score (nSPS) is 27.1. The molecule has 0 amide bonds. The van der Waals surface area contributed by atoms with E-state index in [1.54, 1.807) is 0 Å². The highest BCUT2D eigenvalue weighted by Gasteiger charge is 2.39. The minimum absolute atomic E-state index is 0.0888. The van der Waals surface area contributed by atoms with Crippen molar-refractivity contribution in [3.05, 3.63) is 0 Å². The number of carbonyl (C=O) groups is 1. The van der Waals surface area contributed by atoms with Gasteiger partial charge in [-0.3, -0.25) is 4.90 Å². The van der Waals surface area contributed by atoms with Crippen LogP contribution >= 0.6 is 0 Å². The van der Waals surface area contributed by atoms with Gasteiger partial charge in [0.25, 0.3) is 0 Å². The Balaban J connectivity index is 1.59. The van der Waals surface area contributed by atoms with Crippen LogP contribution in [-0.4, -0.2) is 49.8 Å². The van der Waals surface area contributed by atoms with Crippen LogP contribution in [0.25, 0.3) is 0 Å². The van der Waals surface area contributed by atoms with Crippen LogP contribution in [0.2, 0.25) is 0 Å². The molecule has 1 heterocycles. The van der Waals surface area contributed by atoms with Crippen molar-refractivity contribution >= 4 is 5.97 Å². The smallest absolute Gasteiger partial charge is 0.331 e. The first-order chi connectivity index (χ1) is 6.81. The third-order valence-electron chi connectivity index (χ3n) is 2.96. The van der Waals surface area contributed by atoms with Gasteiger partial charge in [-0.1, -0.05) is 0 Å². The van der Waals surface area contributed by atoms with Crippen LogP contribution in [0.5, 0.6) is 0 Å². The number of hydrogen-bond donors (Lipinski definition) is 0.